The lowest BCUT2D eigenvalue weighted by molar-refractivity contribution is 0.152. The van der Waals surface area contributed by atoms with Gasteiger partial charge in [-0.25, -0.2) is 4.99 Å². The summed E-state index contributed by atoms with van der Waals surface area (Å²) in [5.74, 6) is 0. The van der Waals surface area contributed by atoms with Crippen LogP contribution in [0.4, 0.5) is 0 Å². The van der Waals surface area contributed by atoms with Crippen LogP contribution in [0.5, 0.6) is 0 Å². The monoisotopic (exact) mass is 237 g/mol. The molecule has 2 nitrogen and oxygen atoms in total. The molecule has 0 bridgehead atoms. The third kappa shape index (κ3) is 1.98. The third-order valence-corrected chi connectivity index (χ3v) is 2.28. The van der Waals surface area contributed by atoms with Gasteiger partial charge in [-0.2, -0.15) is 0 Å². The molecule has 1 aliphatic rings. The van der Waals surface area contributed by atoms with Crippen LogP contribution in [-0.4, -0.2) is 6.21 Å². The number of benzene rings is 1. The molecule has 66 valence electrons. The summed E-state index contributed by atoms with van der Waals surface area (Å²) in [5.41, 5.74) is 1.06. The van der Waals surface area contributed by atoms with Gasteiger partial charge in [0.05, 0.1) is 6.26 Å². The van der Waals surface area contributed by atoms with E-state index in [-0.39, 0.29) is 6.23 Å². The summed E-state index contributed by atoms with van der Waals surface area (Å²) in [5, 5.41) is 0. The first kappa shape index (κ1) is 8.51. The second-order valence-electron chi connectivity index (χ2n) is 2.67. The molecule has 1 aliphatic heterocycles. The Morgan fingerprint density at radius 3 is 2.62 bits per heavy atom. The van der Waals surface area contributed by atoms with Gasteiger partial charge >= 0.3 is 0 Å². The van der Waals surface area contributed by atoms with Crippen LogP contribution in [0.2, 0.25) is 0 Å². The van der Waals surface area contributed by atoms with Crippen molar-refractivity contribution in [1.82, 2.24) is 0 Å². The van der Waals surface area contributed by atoms with Gasteiger partial charge in [-0.05, 0) is 18.2 Å². The normalized spacial score (nSPS) is 19.9. The van der Waals surface area contributed by atoms with Crippen molar-refractivity contribution in [3.63, 3.8) is 0 Å². The van der Waals surface area contributed by atoms with E-state index < -0.39 is 0 Å². The van der Waals surface area contributed by atoms with Crippen LogP contribution in [0.3, 0.4) is 0 Å². The number of allylic oxidation sites excluding steroid dienone is 1. The average molecular weight is 238 g/mol. The summed E-state index contributed by atoms with van der Waals surface area (Å²) >= 11 is 3.38. The van der Waals surface area contributed by atoms with Crippen molar-refractivity contribution in [1.29, 1.82) is 0 Å². The van der Waals surface area contributed by atoms with E-state index >= 15 is 0 Å². The molecule has 3 heteroatoms. The molecular weight excluding hydrogens is 230 g/mol. The van der Waals surface area contributed by atoms with Gasteiger partial charge in [0.15, 0.2) is 0 Å². The van der Waals surface area contributed by atoms with Gasteiger partial charge in [-0.1, -0.05) is 28.1 Å². The minimum absolute atomic E-state index is 0.182. The average Bonchev–Trinajstić information content (AvgIpc) is 2.20. The fourth-order valence-corrected chi connectivity index (χ4v) is 1.37. The van der Waals surface area contributed by atoms with Crippen molar-refractivity contribution in [2.75, 3.05) is 0 Å². The van der Waals surface area contributed by atoms with Crippen molar-refractivity contribution in [3.8, 4) is 0 Å². The first-order chi connectivity index (χ1) is 6.36. The quantitative estimate of drug-likeness (QED) is 0.736. The Kier molecular flexibility index (Phi) is 2.45. The molecule has 0 aliphatic carbocycles. The van der Waals surface area contributed by atoms with Gasteiger partial charge in [-0.15, -0.1) is 0 Å². The SMILES string of the molecule is Brc1ccc(C2N=CC=CO2)cc1. The van der Waals surface area contributed by atoms with Crippen molar-refractivity contribution in [2.45, 2.75) is 6.23 Å². The van der Waals surface area contributed by atoms with Crippen LogP contribution >= 0.6 is 15.9 Å². The second kappa shape index (κ2) is 3.75. The zero-order chi connectivity index (χ0) is 9.10. The zero-order valence-electron chi connectivity index (χ0n) is 6.85. The lowest BCUT2D eigenvalue weighted by atomic mass is 10.2. The number of ether oxygens (including phenoxy) is 1. The molecule has 2 rings (SSSR count). The smallest absolute Gasteiger partial charge is 0.214 e. The minimum Gasteiger partial charge on any atom is -0.472 e. The molecule has 1 atom stereocenters. The maximum Gasteiger partial charge on any atom is 0.214 e. The van der Waals surface area contributed by atoms with Gasteiger partial charge in [0.1, 0.15) is 0 Å². The molecule has 0 aromatic heterocycles. The first-order valence-corrected chi connectivity index (χ1v) is 4.75. The summed E-state index contributed by atoms with van der Waals surface area (Å²) in [4.78, 5) is 4.18. The Morgan fingerprint density at radius 2 is 2.00 bits per heavy atom. The van der Waals surface area contributed by atoms with E-state index in [0.29, 0.717) is 0 Å². The fraction of sp³-hybridized carbons (Fsp3) is 0.100. The summed E-state index contributed by atoms with van der Waals surface area (Å²) < 4.78 is 6.37. The first-order valence-electron chi connectivity index (χ1n) is 3.95. The maximum absolute atomic E-state index is 5.31. The highest BCUT2D eigenvalue weighted by molar-refractivity contribution is 9.10. The third-order valence-electron chi connectivity index (χ3n) is 1.75. The summed E-state index contributed by atoms with van der Waals surface area (Å²) in [6.07, 6.45) is 4.99. The second-order valence-corrected chi connectivity index (χ2v) is 3.58. The van der Waals surface area contributed by atoms with E-state index in [9.17, 15) is 0 Å². The van der Waals surface area contributed by atoms with Gasteiger partial charge < -0.3 is 4.74 Å². The van der Waals surface area contributed by atoms with Gasteiger partial charge in [-0.3, -0.25) is 0 Å². The topological polar surface area (TPSA) is 21.6 Å². The molecule has 0 N–H and O–H groups in total. The van der Waals surface area contributed by atoms with Crippen LogP contribution in [-0.2, 0) is 4.74 Å². The van der Waals surface area contributed by atoms with Crippen LogP contribution in [0, 0.1) is 0 Å². The van der Waals surface area contributed by atoms with E-state index in [0.717, 1.165) is 10.0 Å². The molecule has 1 aromatic carbocycles. The summed E-state index contributed by atoms with van der Waals surface area (Å²) in [6.45, 7) is 0. The number of hydrogen-bond acceptors (Lipinski definition) is 2. The van der Waals surface area contributed by atoms with Crippen molar-refractivity contribution < 1.29 is 4.74 Å². The Balaban J connectivity index is 2.21. The highest BCUT2D eigenvalue weighted by Crippen LogP contribution is 2.22. The Morgan fingerprint density at radius 1 is 1.23 bits per heavy atom. The Labute approximate surface area is 85.1 Å². The predicted molar refractivity (Wildman–Crippen MR) is 55.6 cm³/mol. The molecule has 0 spiro atoms. The molecule has 1 heterocycles. The number of halogens is 1. The van der Waals surface area contributed by atoms with Crippen LogP contribution in [0.15, 0.2) is 46.1 Å². The molecule has 0 saturated heterocycles. The largest absolute Gasteiger partial charge is 0.472 e. The van der Waals surface area contributed by atoms with Gasteiger partial charge in [0, 0.05) is 16.3 Å². The van der Waals surface area contributed by atoms with E-state index in [1.165, 1.54) is 0 Å². The molecule has 1 unspecified atom stereocenters. The van der Waals surface area contributed by atoms with Crippen LogP contribution in [0.1, 0.15) is 11.8 Å². The molecular formula is C10H8BrNO. The lowest BCUT2D eigenvalue weighted by Crippen LogP contribution is -2.00. The van der Waals surface area contributed by atoms with Crippen molar-refractivity contribution in [3.05, 3.63) is 46.6 Å². The lowest BCUT2D eigenvalue weighted by Gasteiger charge is -2.14. The molecule has 0 fully saturated rings. The number of aliphatic imine (C=N–C) groups is 1. The van der Waals surface area contributed by atoms with Crippen molar-refractivity contribution in [2.24, 2.45) is 4.99 Å². The van der Waals surface area contributed by atoms with E-state index in [1.54, 1.807) is 18.6 Å². The number of hydrogen-bond donors (Lipinski definition) is 0. The molecule has 13 heavy (non-hydrogen) atoms. The number of rotatable bonds is 1. The van der Waals surface area contributed by atoms with Crippen LogP contribution < -0.4 is 0 Å². The molecule has 1 aromatic rings. The maximum atomic E-state index is 5.31. The minimum atomic E-state index is -0.182. The van der Waals surface area contributed by atoms with Gasteiger partial charge in [0.2, 0.25) is 6.23 Å². The van der Waals surface area contributed by atoms with E-state index in [2.05, 4.69) is 20.9 Å². The standard InChI is InChI=1S/C10H8BrNO/c11-9-4-2-8(3-5-9)10-12-6-1-7-13-10/h1-7,10H. The zero-order valence-corrected chi connectivity index (χ0v) is 8.44. The Bertz CT molecular complexity index is 342. The van der Waals surface area contributed by atoms with Crippen LogP contribution in [0.25, 0.3) is 0 Å². The predicted octanol–water partition coefficient (Wildman–Crippen LogP) is 3.06. The van der Waals surface area contributed by atoms with Crippen molar-refractivity contribution >= 4 is 22.1 Å². The highest BCUT2D eigenvalue weighted by Gasteiger charge is 2.09. The number of nitrogens with zero attached hydrogens (tertiary/aromatic N) is 1. The highest BCUT2D eigenvalue weighted by atomic mass is 79.9. The Hall–Kier alpha value is -1.09. The van der Waals surface area contributed by atoms with Gasteiger partial charge in [0.25, 0.3) is 0 Å². The fourth-order valence-electron chi connectivity index (χ4n) is 1.11. The molecule has 0 amide bonds. The molecule has 0 saturated carbocycles. The van der Waals surface area contributed by atoms with E-state index in [1.807, 2.05) is 24.3 Å². The molecule has 0 radical (unpaired) electrons. The summed E-state index contributed by atoms with van der Waals surface area (Å²) in [6, 6.07) is 7.94. The van der Waals surface area contributed by atoms with E-state index in [4.69, 9.17) is 4.74 Å². The summed E-state index contributed by atoms with van der Waals surface area (Å²) in [7, 11) is 0.